The molecule has 1 unspecified atom stereocenters. The van der Waals surface area contributed by atoms with Gasteiger partial charge in [0.15, 0.2) is 0 Å². The molecule has 0 rings (SSSR count). The summed E-state index contributed by atoms with van der Waals surface area (Å²) >= 11 is 0. The van der Waals surface area contributed by atoms with E-state index in [1.54, 1.807) is 13.8 Å². The highest BCUT2D eigenvalue weighted by Gasteiger charge is 2.18. The fourth-order valence-electron chi connectivity index (χ4n) is 0.832. The Balaban J connectivity index is 3.67. The van der Waals surface area contributed by atoms with Gasteiger partial charge < -0.3 is 16.2 Å². The molecule has 0 bridgehead atoms. The number of hydrogen-bond acceptors (Lipinski definition) is 3. The second-order valence-corrected chi connectivity index (χ2v) is 4.19. The van der Waals surface area contributed by atoms with Crippen LogP contribution in [0.2, 0.25) is 0 Å². The highest BCUT2D eigenvalue weighted by molar-refractivity contribution is 5.75. The summed E-state index contributed by atoms with van der Waals surface area (Å²) in [6.45, 7) is 3.12. The van der Waals surface area contributed by atoms with E-state index < -0.39 is 24.6 Å². The van der Waals surface area contributed by atoms with Crippen molar-refractivity contribution in [2.45, 2.75) is 44.8 Å². The number of halogens is 2. The molecule has 0 aliphatic heterocycles. The summed E-state index contributed by atoms with van der Waals surface area (Å²) in [5, 5.41) is 10.9. The molecule has 0 fully saturated rings. The van der Waals surface area contributed by atoms with Gasteiger partial charge in [-0.2, -0.15) is 0 Å². The third kappa shape index (κ3) is 8.26. The highest BCUT2D eigenvalue weighted by atomic mass is 19.3. The molecule has 90 valence electrons. The first-order valence-corrected chi connectivity index (χ1v) is 4.74. The Hall–Kier alpha value is -0.750. The monoisotopic (exact) mass is 224 g/mol. The number of nitrogens with two attached hydrogens (primary N) is 1. The van der Waals surface area contributed by atoms with Crippen LogP contribution >= 0.6 is 0 Å². The first kappa shape index (κ1) is 14.2. The number of carbonyl (C=O) groups excluding carboxylic acids is 1. The SMILES string of the molecule is CC(C)(N)CCC(=O)NCC(O)C(F)F. The summed E-state index contributed by atoms with van der Waals surface area (Å²) in [4.78, 5) is 11.1. The van der Waals surface area contributed by atoms with Gasteiger partial charge in [0, 0.05) is 18.5 Å². The summed E-state index contributed by atoms with van der Waals surface area (Å²) in [6, 6.07) is 0. The second kappa shape index (κ2) is 5.97. The van der Waals surface area contributed by atoms with Crippen molar-refractivity contribution in [1.82, 2.24) is 5.32 Å². The Morgan fingerprint density at radius 3 is 2.47 bits per heavy atom. The number of amides is 1. The second-order valence-electron chi connectivity index (χ2n) is 4.19. The number of carbonyl (C=O) groups is 1. The minimum atomic E-state index is -2.84. The maximum absolute atomic E-state index is 11.8. The molecule has 0 spiro atoms. The van der Waals surface area contributed by atoms with Gasteiger partial charge in [-0.05, 0) is 20.3 Å². The van der Waals surface area contributed by atoms with Gasteiger partial charge in [-0.3, -0.25) is 4.79 Å². The zero-order chi connectivity index (χ0) is 12.1. The van der Waals surface area contributed by atoms with Crippen molar-refractivity contribution in [1.29, 1.82) is 0 Å². The van der Waals surface area contributed by atoms with E-state index in [1.807, 2.05) is 0 Å². The van der Waals surface area contributed by atoms with E-state index in [2.05, 4.69) is 5.32 Å². The molecule has 0 saturated carbocycles. The molecule has 1 atom stereocenters. The predicted molar refractivity (Wildman–Crippen MR) is 52.5 cm³/mol. The van der Waals surface area contributed by atoms with Crippen LogP contribution < -0.4 is 11.1 Å². The lowest BCUT2D eigenvalue weighted by atomic mass is 10.00. The fraction of sp³-hybridized carbons (Fsp3) is 0.889. The molecule has 0 heterocycles. The van der Waals surface area contributed by atoms with E-state index in [1.165, 1.54) is 0 Å². The zero-order valence-electron chi connectivity index (χ0n) is 8.96. The van der Waals surface area contributed by atoms with E-state index in [9.17, 15) is 13.6 Å². The molecule has 4 nitrogen and oxygen atoms in total. The van der Waals surface area contributed by atoms with Crippen molar-refractivity contribution in [2.75, 3.05) is 6.54 Å². The van der Waals surface area contributed by atoms with Gasteiger partial charge in [-0.1, -0.05) is 0 Å². The molecule has 15 heavy (non-hydrogen) atoms. The van der Waals surface area contributed by atoms with Crippen LogP contribution in [0, 0.1) is 0 Å². The summed E-state index contributed by atoms with van der Waals surface area (Å²) < 4.78 is 23.7. The van der Waals surface area contributed by atoms with Crippen LogP contribution in [-0.2, 0) is 4.79 Å². The van der Waals surface area contributed by atoms with Gasteiger partial charge in [0.2, 0.25) is 5.91 Å². The summed E-state index contributed by atoms with van der Waals surface area (Å²) in [5.74, 6) is -0.381. The summed E-state index contributed by atoms with van der Waals surface area (Å²) in [6.07, 6.45) is -4.01. The Labute approximate surface area is 87.8 Å². The molecule has 4 N–H and O–H groups in total. The van der Waals surface area contributed by atoms with E-state index >= 15 is 0 Å². The fourth-order valence-corrected chi connectivity index (χ4v) is 0.832. The number of aliphatic hydroxyl groups excluding tert-OH is 1. The molecule has 0 radical (unpaired) electrons. The molecule has 1 amide bonds. The number of rotatable bonds is 6. The Morgan fingerprint density at radius 2 is 2.07 bits per heavy atom. The number of hydrogen-bond donors (Lipinski definition) is 3. The summed E-state index contributed by atoms with van der Waals surface area (Å²) in [5.41, 5.74) is 5.18. The van der Waals surface area contributed by atoms with Gasteiger partial charge >= 0.3 is 0 Å². The molecule has 0 aromatic rings. The molecular weight excluding hydrogens is 206 g/mol. The Bertz CT molecular complexity index is 205. The Morgan fingerprint density at radius 1 is 1.53 bits per heavy atom. The standard InChI is InChI=1S/C9H18F2N2O2/c1-9(2,12)4-3-7(15)13-5-6(14)8(10)11/h6,8,14H,3-5,12H2,1-2H3,(H,13,15). The van der Waals surface area contributed by atoms with E-state index in [4.69, 9.17) is 10.8 Å². The molecule has 0 aromatic carbocycles. The minimum Gasteiger partial charge on any atom is -0.385 e. The van der Waals surface area contributed by atoms with Crippen LogP contribution in [-0.4, -0.2) is 35.6 Å². The van der Waals surface area contributed by atoms with Crippen LogP contribution in [0.4, 0.5) is 8.78 Å². The first-order valence-electron chi connectivity index (χ1n) is 4.74. The number of aliphatic hydroxyl groups is 1. The van der Waals surface area contributed by atoms with Crippen molar-refractivity contribution >= 4 is 5.91 Å². The maximum Gasteiger partial charge on any atom is 0.265 e. The van der Waals surface area contributed by atoms with E-state index in [0.717, 1.165) is 0 Å². The molecule has 0 aromatic heterocycles. The molecule has 6 heteroatoms. The average Bonchev–Trinajstić information content (AvgIpc) is 2.09. The number of nitrogens with one attached hydrogen (secondary N) is 1. The van der Waals surface area contributed by atoms with Crippen LogP contribution in [0.1, 0.15) is 26.7 Å². The number of alkyl halides is 2. The van der Waals surface area contributed by atoms with Crippen LogP contribution in [0.5, 0.6) is 0 Å². The van der Waals surface area contributed by atoms with Crippen LogP contribution in [0.25, 0.3) is 0 Å². The van der Waals surface area contributed by atoms with Gasteiger partial charge in [-0.15, -0.1) is 0 Å². The van der Waals surface area contributed by atoms with Gasteiger partial charge in [0.25, 0.3) is 6.43 Å². The normalized spacial score (nSPS) is 14.1. The first-order chi connectivity index (χ1) is 6.72. The van der Waals surface area contributed by atoms with Crippen molar-refractivity contribution in [3.8, 4) is 0 Å². The zero-order valence-corrected chi connectivity index (χ0v) is 8.96. The van der Waals surface area contributed by atoms with Crippen LogP contribution in [0.15, 0.2) is 0 Å². The molecule has 0 aliphatic rings. The predicted octanol–water partition coefficient (Wildman–Crippen LogP) is 0.246. The third-order valence-corrected chi connectivity index (χ3v) is 1.80. The lowest BCUT2D eigenvalue weighted by molar-refractivity contribution is -0.122. The van der Waals surface area contributed by atoms with Gasteiger partial charge in [0.05, 0.1) is 0 Å². The third-order valence-electron chi connectivity index (χ3n) is 1.80. The lowest BCUT2D eigenvalue weighted by Crippen LogP contribution is -2.38. The average molecular weight is 224 g/mol. The Kier molecular flexibility index (Phi) is 5.67. The summed E-state index contributed by atoms with van der Waals surface area (Å²) in [7, 11) is 0. The van der Waals surface area contributed by atoms with Gasteiger partial charge in [-0.25, -0.2) is 8.78 Å². The van der Waals surface area contributed by atoms with Gasteiger partial charge in [0.1, 0.15) is 6.10 Å². The minimum absolute atomic E-state index is 0.166. The lowest BCUT2D eigenvalue weighted by Gasteiger charge is -2.18. The molecule has 0 saturated heterocycles. The van der Waals surface area contributed by atoms with Crippen molar-refractivity contribution < 1.29 is 18.7 Å². The smallest absolute Gasteiger partial charge is 0.265 e. The van der Waals surface area contributed by atoms with E-state index in [0.29, 0.717) is 6.42 Å². The van der Waals surface area contributed by atoms with E-state index in [-0.39, 0.29) is 12.3 Å². The largest absolute Gasteiger partial charge is 0.385 e. The topological polar surface area (TPSA) is 75.4 Å². The quantitative estimate of drug-likeness (QED) is 0.605. The van der Waals surface area contributed by atoms with Crippen molar-refractivity contribution in [3.05, 3.63) is 0 Å². The highest BCUT2D eigenvalue weighted by Crippen LogP contribution is 2.06. The van der Waals surface area contributed by atoms with Crippen molar-refractivity contribution in [2.24, 2.45) is 5.73 Å². The molecular formula is C9H18F2N2O2. The van der Waals surface area contributed by atoms with Crippen LogP contribution in [0.3, 0.4) is 0 Å². The van der Waals surface area contributed by atoms with Crippen molar-refractivity contribution in [3.63, 3.8) is 0 Å². The molecule has 0 aliphatic carbocycles. The maximum atomic E-state index is 11.8.